The second kappa shape index (κ2) is 8.88. The molecule has 0 aliphatic carbocycles. The van der Waals surface area contributed by atoms with Gasteiger partial charge in [-0.3, -0.25) is 0 Å². The van der Waals surface area contributed by atoms with E-state index in [4.69, 9.17) is 9.72 Å². The minimum Gasteiger partial charge on any atom is -0.497 e. The molecule has 0 aliphatic rings. The van der Waals surface area contributed by atoms with Crippen LogP contribution >= 0.6 is 12.4 Å². The Balaban J connectivity index is 0.00000225. The zero-order valence-electron chi connectivity index (χ0n) is 15.1. The van der Waals surface area contributed by atoms with Crippen molar-refractivity contribution in [2.24, 2.45) is 0 Å². The Morgan fingerprint density at radius 1 is 1.00 bits per heavy atom. The van der Waals surface area contributed by atoms with E-state index in [0.717, 1.165) is 48.8 Å². The molecule has 1 aromatic heterocycles. The second-order valence-corrected chi connectivity index (χ2v) is 5.83. The van der Waals surface area contributed by atoms with E-state index in [1.807, 2.05) is 18.2 Å². The Kier molecular flexibility index (Phi) is 6.85. The third-order valence-electron chi connectivity index (χ3n) is 4.54. The topological polar surface area (TPSA) is 30.3 Å². The van der Waals surface area contributed by atoms with Crippen molar-refractivity contribution < 1.29 is 4.74 Å². The summed E-state index contributed by atoms with van der Waals surface area (Å²) in [6, 6.07) is 16.5. The van der Waals surface area contributed by atoms with Gasteiger partial charge in [-0.1, -0.05) is 26.0 Å². The minimum absolute atomic E-state index is 0. The molecule has 0 saturated heterocycles. The Hall–Kier alpha value is -2.04. The Labute approximate surface area is 155 Å². The molecule has 3 rings (SSSR count). The summed E-state index contributed by atoms with van der Waals surface area (Å²) in [7, 11) is 1.69. The molecule has 0 amide bonds. The highest BCUT2D eigenvalue weighted by atomic mass is 35.5. The third-order valence-corrected chi connectivity index (χ3v) is 4.54. The van der Waals surface area contributed by atoms with Crippen LogP contribution in [0.2, 0.25) is 0 Å². The van der Waals surface area contributed by atoms with Crippen molar-refractivity contribution in [2.75, 3.05) is 26.7 Å². The smallest absolute Gasteiger partial charge is 0.141 e. The number of nitrogens with zero attached hydrogens (tertiary/aromatic N) is 3. The fourth-order valence-electron chi connectivity index (χ4n) is 3.04. The second-order valence-electron chi connectivity index (χ2n) is 5.83. The van der Waals surface area contributed by atoms with Gasteiger partial charge in [-0.15, -0.1) is 12.4 Å². The Morgan fingerprint density at radius 3 is 2.32 bits per heavy atom. The van der Waals surface area contributed by atoms with Crippen molar-refractivity contribution in [2.45, 2.75) is 20.4 Å². The van der Waals surface area contributed by atoms with Gasteiger partial charge in [-0.05, 0) is 49.5 Å². The van der Waals surface area contributed by atoms with Crippen LogP contribution in [-0.2, 0) is 6.54 Å². The quantitative estimate of drug-likeness (QED) is 0.623. The highest BCUT2D eigenvalue weighted by Crippen LogP contribution is 2.26. The van der Waals surface area contributed by atoms with Crippen LogP contribution in [0.15, 0.2) is 48.5 Å². The van der Waals surface area contributed by atoms with E-state index >= 15 is 0 Å². The molecule has 25 heavy (non-hydrogen) atoms. The van der Waals surface area contributed by atoms with Gasteiger partial charge >= 0.3 is 0 Å². The van der Waals surface area contributed by atoms with Crippen molar-refractivity contribution >= 4 is 23.4 Å². The lowest BCUT2D eigenvalue weighted by Gasteiger charge is -2.19. The van der Waals surface area contributed by atoms with Crippen molar-refractivity contribution in [3.05, 3.63) is 48.5 Å². The molecule has 0 atom stereocenters. The zero-order valence-corrected chi connectivity index (χ0v) is 15.9. The molecule has 0 radical (unpaired) electrons. The first-order valence-electron chi connectivity index (χ1n) is 8.58. The minimum atomic E-state index is 0. The molecule has 2 aromatic carbocycles. The van der Waals surface area contributed by atoms with E-state index in [9.17, 15) is 0 Å². The number of hydrogen-bond acceptors (Lipinski definition) is 3. The van der Waals surface area contributed by atoms with E-state index in [-0.39, 0.29) is 12.4 Å². The molecule has 4 nitrogen and oxygen atoms in total. The van der Waals surface area contributed by atoms with Crippen LogP contribution in [0.3, 0.4) is 0 Å². The van der Waals surface area contributed by atoms with E-state index < -0.39 is 0 Å². The van der Waals surface area contributed by atoms with Crippen LogP contribution < -0.4 is 4.74 Å². The molecular formula is C20H26ClN3O. The predicted octanol–water partition coefficient (Wildman–Crippen LogP) is 4.48. The summed E-state index contributed by atoms with van der Waals surface area (Å²) in [5.74, 6) is 1.88. The molecule has 0 saturated carbocycles. The Bertz CT molecular complexity index is 794. The number of halogens is 1. The maximum atomic E-state index is 5.27. The molecule has 0 fully saturated rings. The fourth-order valence-corrected chi connectivity index (χ4v) is 3.04. The molecule has 0 spiro atoms. The lowest BCUT2D eigenvalue weighted by molar-refractivity contribution is 0.292. The van der Waals surface area contributed by atoms with Crippen molar-refractivity contribution in [3.63, 3.8) is 0 Å². The van der Waals surface area contributed by atoms with Crippen LogP contribution in [0.25, 0.3) is 22.4 Å². The van der Waals surface area contributed by atoms with Crippen molar-refractivity contribution in [3.8, 4) is 17.1 Å². The summed E-state index contributed by atoms with van der Waals surface area (Å²) < 4.78 is 7.60. The van der Waals surface area contributed by atoms with Crippen LogP contribution in [0.4, 0.5) is 0 Å². The number of imidazole rings is 1. The summed E-state index contributed by atoms with van der Waals surface area (Å²) in [4.78, 5) is 7.31. The largest absolute Gasteiger partial charge is 0.497 e. The van der Waals surface area contributed by atoms with Gasteiger partial charge in [-0.2, -0.15) is 0 Å². The fraction of sp³-hybridized carbons (Fsp3) is 0.350. The maximum absolute atomic E-state index is 5.27. The lowest BCUT2D eigenvalue weighted by Crippen LogP contribution is -2.27. The summed E-state index contributed by atoms with van der Waals surface area (Å²) in [6.07, 6.45) is 0. The monoisotopic (exact) mass is 359 g/mol. The molecular weight excluding hydrogens is 334 g/mol. The Morgan fingerprint density at radius 2 is 1.68 bits per heavy atom. The van der Waals surface area contributed by atoms with E-state index in [2.05, 4.69) is 53.6 Å². The molecule has 0 N–H and O–H groups in total. The average Bonchev–Trinajstić information content (AvgIpc) is 3.01. The van der Waals surface area contributed by atoms with Gasteiger partial charge in [0.15, 0.2) is 0 Å². The van der Waals surface area contributed by atoms with Gasteiger partial charge in [-0.25, -0.2) is 4.98 Å². The molecule has 5 heteroatoms. The lowest BCUT2D eigenvalue weighted by atomic mass is 10.2. The summed E-state index contributed by atoms with van der Waals surface area (Å²) in [6.45, 7) is 8.52. The molecule has 0 unspecified atom stereocenters. The number of ether oxygens (including phenoxy) is 1. The van der Waals surface area contributed by atoms with Gasteiger partial charge in [0.25, 0.3) is 0 Å². The molecule has 0 aliphatic heterocycles. The standard InChI is InChI=1S/C20H25N3O.ClH/c1-4-22(5-2)14-15-23-19-9-7-6-8-18(19)21-20(23)16-10-12-17(24-3)13-11-16;/h6-13H,4-5,14-15H2,1-3H3;1H. The molecule has 0 bridgehead atoms. The number of benzene rings is 2. The predicted molar refractivity (Wildman–Crippen MR) is 107 cm³/mol. The van der Waals surface area contributed by atoms with Gasteiger partial charge < -0.3 is 14.2 Å². The van der Waals surface area contributed by atoms with Gasteiger partial charge in [0.1, 0.15) is 11.6 Å². The van der Waals surface area contributed by atoms with Gasteiger partial charge in [0, 0.05) is 18.7 Å². The number of likely N-dealkylation sites (N-methyl/N-ethyl adjacent to an activating group) is 1. The van der Waals surface area contributed by atoms with Gasteiger partial charge in [0.2, 0.25) is 0 Å². The summed E-state index contributed by atoms with van der Waals surface area (Å²) in [5.41, 5.74) is 3.35. The normalized spacial score (nSPS) is 10.9. The number of para-hydroxylation sites is 2. The number of rotatable bonds is 7. The maximum Gasteiger partial charge on any atom is 0.141 e. The summed E-state index contributed by atoms with van der Waals surface area (Å²) >= 11 is 0. The van der Waals surface area contributed by atoms with Crippen molar-refractivity contribution in [1.29, 1.82) is 0 Å². The van der Waals surface area contributed by atoms with E-state index in [0.29, 0.717) is 0 Å². The SMILES string of the molecule is CCN(CC)CCn1c(-c2ccc(OC)cc2)nc2ccccc21.Cl. The van der Waals surface area contributed by atoms with E-state index in [1.54, 1.807) is 7.11 Å². The number of fused-ring (bicyclic) bond motifs is 1. The number of methoxy groups -OCH3 is 1. The number of hydrogen-bond donors (Lipinski definition) is 0. The highest BCUT2D eigenvalue weighted by Gasteiger charge is 2.13. The summed E-state index contributed by atoms with van der Waals surface area (Å²) in [5, 5.41) is 0. The molecule has 1 heterocycles. The first-order valence-corrected chi connectivity index (χ1v) is 8.58. The first-order chi connectivity index (χ1) is 11.8. The highest BCUT2D eigenvalue weighted by molar-refractivity contribution is 5.85. The van der Waals surface area contributed by atoms with Crippen LogP contribution in [0.5, 0.6) is 5.75 Å². The number of aromatic nitrogens is 2. The first kappa shape index (κ1) is 19.3. The zero-order chi connectivity index (χ0) is 16.9. The van der Waals surface area contributed by atoms with Gasteiger partial charge in [0.05, 0.1) is 18.1 Å². The van der Waals surface area contributed by atoms with Crippen LogP contribution in [-0.4, -0.2) is 41.2 Å². The molecule has 3 aromatic rings. The third kappa shape index (κ3) is 4.14. The molecule has 134 valence electrons. The van der Waals surface area contributed by atoms with Crippen LogP contribution in [0.1, 0.15) is 13.8 Å². The van der Waals surface area contributed by atoms with Crippen LogP contribution in [0, 0.1) is 0 Å². The average molecular weight is 360 g/mol. The van der Waals surface area contributed by atoms with E-state index in [1.165, 1.54) is 5.52 Å². The van der Waals surface area contributed by atoms with Crippen molar-refractivity contribution in [1.82, 2.24) is 14.5 Å².